The molecule has 8 aromatic rings. The van der Waals surface area contributed by atoms with Crippen LogP contribution >= 0.6 is 15.9 Å². The third kappa shape index (κ3) is 4.80. The van der Waals surface area contributed by atoms with Gasteiger partial charge in [-0.3, -0.25) is 0 Å². The van der Waals surface area contributed by atoms with E-state index in [0.717, 1.165) is 54.9 Å². The first-order chi connectivity index (χ1) is 21.7. The van der Waals surface area contributed by atoms with Crippen LogP contribution in [-0.2, 0) is 0 Å². The van der Waals surface area contributed by atoms with E-state index in [-0.39, 0.29) is 0 Å². The van der Waals surface area contributed by atoms with Crippen molar-refractivity contribution >= 4 is 37.7 Å². The Balaban J connectivity index is 1.32. The molecule has 0 bridgehead atoms. The van der Waals surface area contributed by atoms with Gasteiger partial charge in [0.1, 0.15) is 0 Å². The number of fused-ring (bicyclic) bond motifs is 3. The van der Waals surface area contributed by atoms with E-state index in [1.807, 2.05) is 12.1 Å². The van der Waals surface area contributed by atoms with Gasteiger partial charge in [0, 0.05) is 37.6 Å². The van der Waals surface area contributed by atoms with E-state index in [1.54, 1.807) is 0 Å². The summed E-state index contributed by atoms with van der Waals surface area (Å²) in [6.45, 7) is 0. The third-order valence-corrected chi connectivity index (χ3v) is 8.55. The Morgan fingerprint density at radius 2 is 1.02 bits per heavy atom. The molecule has 0 atom stereocenters. The lowest BCUT2D eigenvalue weighted by molar-refractivity contribution is 1.17. The molecule has 2 aromatic heterocycles. The Hall–Kier alpha value is -5.32. The zero-order chi connectivity index (χ0) is 29.5. The number of aromatic nitrogens is 3. The number of hydrogen-bond donors (Lipinski definition) is 0. The Kier molecular flexibility index (Phi) is 6.62. The molecule has 0 unspecified atom stereocenters. The van der Waals surface area contributed by atoms with Crippen LogP contribution in [0, 0.1) is 0 Å². The average molecular weight is 629 g/mol. The maximum Gasteiger partial charge on any atom is 0.160 e. The number of hydrogen-bond acceptors (Lipinski definition) is 2. The van der Waals surface area contributed by atoms with E-state index in [4.69, 9.17) is 9.97 Å². The Labute approximate surface area is 264 Å². The first kappa shape index (κ1) is 26.3. The molecule has 0 radical (unpaired) electrons. The first-order valence-corrected chi connectivity index (χ1v) is 15.4. The molecule has 0 N–H and O–H groups in total. The normalized spacial score (nSPS) is 11.3. The lowest BCUT2D eigenvalue weighted by atomic mass is 10.0. The van der Waals surface area contributed by atoms with Gasteiger partial charge in [-0.05, 0) is 71.8 Å². The van der Waals surface area contributed by atoms with Crippen molar-refractivity contribution in [2.45, 2.75) is 0 Å². The topological polar surface area (TPSA) is 30.7 Å². The summed E-state index contributed by atoms with van der Waals surface area (Å²) in [7, 11) is 0. The van der Waals surface area contributed by atoms with Crippen molar-refractivity contribution in [3.05, 3.63) is 162 Å². The van der Waals surface area contributed by atoms with Gasteiger partial charge < -0.3 is 4.57 Å². The predicted octanol–water partition coefficient (Wildman–Crippen LogP) is 11.0. The maximum absolute atomic E-state index is 5.18. The number of rotatable bonds is 5. The molecule has 0 saturated heterocycles. The number of nitrogens with zero attached hydrogens (tertiary/aromatic N) is 3. The van der Waals surface area contributed by atoms with Gasteiger partial charge in [-0.1, -0.05) is 113 Å². The van der Waals surface area contributed by atoms with Crippen LogP contribution in [0.5, 0.6) is 0 Å². The van der Waals surface area contributed by atoms with Gasteiger partial charge in [-0.15, -0.1) is 0 Å². The Morgan fingerprint density at radius 1 is 0.409 bits per heavy atom. The van der Waals surface area contributed by atoms with Crippen LogP contribution in [0.3, 0.4) is 0 Å². The monoisotopic (exact) mass is 627 g/mol. The van der Waals surface area contributed by atoms with Gasteiger partial charge in [0.05, 0.1) is 22.4 Å². The van der Waals surface area contributed by atoms with Crippen molar-refractivity contribution in [3.8, 4) is 50.7 Å². The molecule has 8 rings (SSSR count). The van der Waals surface area contributed by atoms with E-state index >= 15 is 0 Å². The summed E-state index contributed by atoms with van der Waals surface area (Å²) in [5.41, 5.74) is 10.6. The smallest absolute Gasteiger partial charge is 0.160 e. The van der Waals surface area contributed by atoms with Gasteiger partial charge in [-0.2, -0.15) is 0 Å². The molecule has 6 aromatic carbocycles. The van der Waals surface area contributed by atoms with Crippen LogP contribution in [-0.4, -0.2) is 14.5 Å². The lowest BCUT2D eigenvalue weighted by Gasteiger charge is -2.11. The van der Waals surface area contributed by atoms with Gasteiger partial charge >= 0.3 is 0 Å². The van der Waals surface area contributed by atoms with Crippen molar-refractivity contribution in [3.63, 3.8) is 0 Å². The molecular formula is C40H26BrN3. The molecule has 0 saturated carbocycles. The Bertz CT molecular complexity index is 2290. The maximum atomic E-state index is 5.18. The van der Waals surface area contributed by atoms with Crippen molar-refractivity contribution in [1.29, 1.82) is 0 Å². The van der Waals surface area contributed by atoms with Crippen molar-refractivity contribution in [2.24, 2.45) is 0 Å². The van der Waals surface area contributed by atoms with Crippen molar-refractivity contribution < 1.29 is 0 Å². The van der Waals surface area contributed by atoms with Crippen LogP contribution in [0.25, 0.3) is 72.5 Å². The molecule has 3 nitrogen and oxygen atoms in total. The largest absolute Gasteiger partial charge is 0.309 e. The van der Waals surface area contributed by atoms with E-state index < -0.39 is 0 Å². The molecule has 0 aliphatic carbocycles. The minimum absolute atomic E-state index is 0.702. The van der Waals surface area contributed by atoms with Crippen LogP contribution in [0.15, 0.2) is 162 Å². The van der Waals surface area contributed by atoms with Crippen molar-refractivity contribution in [2.75, 3.05) is 0 Å². The first-order valence-electron chi connectivity index (χ1n) is 14.6. The summed E-state index contributed by atoms with van der Waals surface area (Å²) in [6, 6.07) is 55.1. The summed E-state index contributed by atoms with van der Waals surface area (Å²) >= 11 is 3.62. The Morgan fingerprint density at radius 3 is 1.82 bits per heavy atom. The molecule has 0 amide bonds. The summed E-state index contributed by atoms with van der Waals surface area (Å²) in [5.74, 6) is 0.702. The fourth-order valence-corrected chi connectivity index (χ4v) is 6.37. The molecule has 0 aliphatic rings. The van der Waals surface area contributed by atoms with Crippen LogP contribution in [0.1, 0.15) is 0 Å². The van der Waals surface area contributed by atoms with E-state index in [0.29, 0.717) is 5.82 Å². The van der Waals surface area contributed by atoms with Crippen LogP contribution in [0.4, 0.5) is 0 Å². The lowest BCUT2D eigenvalue weighted by Crippen LogP contribution is -1.96. The molecule has 0 aliphatic heterocycles. The summed E-state index contributed by atoms with van der Waals surface area (Å²) < 4.78 is 3.38. The second-order valence-electron chi connectivity index (χ2n) is 10.8. The van der Waals surface area contributed by atoms with Crippen LogP contribution < -0.4 is 0 Å². The third-order valence-electron chi connectivity index (χ3n) is 8.06. The molecule has 0 fully saturated rings. The highest BCUT2D eigenvalue weighted by molar-refractivity contribution is 9.10. The van der Waals surface area contributed by atoms with Crippen molar-refractivity contribution in [1.82, 2.24) is 14.5 Å². The minimum atomic E-state index is 0.702. The number of para-hydroxylation sites is 2. The second kappa shape index (κ2) is 11.1. The van der Waals surface area contributed by atoms with Gasteiger partial charge in [0.25, 0.3) is 0 Å². The predicted molar refractivity (Wildman–Crippen MR) is 186 cm³/mol. The van der Waals surface area contributed by atoms with Crippen LogP contribution in [0.2, 0.25) is 0 Å². The highest BCUT2D eigenvalue weighted by atomic mass is 79.9. The quantitative estimate of drug-likeness (QED) is 0.190. The number of benzene rings is 6. The fourth-order valence-electron chi connectivity index (χ4n) is 5.97. The average Bonchev–Trinajstić information content (AvgIpc) is 3.43. The van der Waals surface area contributed by atoms with E-state index in [1.165, 1.54) is 16.3 Å². The molecule has 44 heavy (non-hydrogen) atoms. The summed E-state index contributed by atoms with van der Waals surface area (Å²) in [5, 5.41) is 2.38. The zero-order valence-electron chi connectivity index (χ0n) is 23.7. The van der Waals surface area contributed by atoms with Gasteiger partial charge in [0.2, 0.25) is 0 Å². The van der Waals surface area contributed by atoms with Gasteiger partial charge in [0.15, 0.2) is 5.82 Å². The van der Waals surface area contributed by atoms with E-state index in [9.17, 15) is 0 Å². The number of halogens is 1. The molecule has 0 spiro atoms. The minimum Gasteiger partial charge on any atom is -0.309 e. The second-order valence-corrected chi connectivity index (χ2v) is 11.8. The summed E-state index contributed by atoms with van der Waals surface area (Å²) in [6.07, 6.45) is 0. The highest BCUT2D eigenvalue weighted by Gasteiger charge is 2.16. The molecule has 2 heterocycles. The molecular weight excluding hydrogens is 602 g/mol. The molecule has 4 heteroatoms. The molecule has 208 valence electrons. The zero-order valence-corrected chi connectivity index (χ0v) is 25.3. The van der Waals surface area contributed by atoms with Gasteiger partial charge in [-0.25, -0.2) is 9.97 Å². The standard InChI is InChI=1S/C40H26BrN3/c41-32-16-10-14-29(24-32)28-13-9-15-30(23-28)37-26-36(27-11-3-1-4-12-27)42-40(43-37)31-21-22-39-35(25-31)34-19-7-8-20-38(34)44(39)33-17-5-2-6-18-33/h1-26H. The highest BCUT2D eigenvalue weighted by Crippen LogP contribution is 2.36. The summed E-state index contributed by atoms with van der Waals surface area (Å²) in [4.78, 5) is 10.3. The SMILES string of the molecule is Brc1cccc(-c2cccc(-c3cc(-c4ccccc4)nc(-c4ccc5c(c4)c4ccccc4n5-c4ccccc4)n3)c2)c1. The fraction of sp³-hybridized carbons (Fsp3) is 0. The van der Waals surface area contributed by atoms with E-state index in [2.05, 4.69) is 166 Å².